The van der Waals surface area contributed by atoms with Gasteiger partial charge in [-0.3, -0.25) is 25.8 Å². The first-order valence-electron chi connectivity index (χ1n) is 8.96. The monoisotopic (exact) mass is 531 g/mol. The lowest BCUT2D eigenvalue weighted by atomic mass is 10.2. The molecule has 0 fully saturated rings. The largest absolute Gasteiger partial charge is 0.489 e. The van der Waals surface area contributed by atoms with E-state index < -0.39 is 5.91 Å². The average Bonchev–Trinajstić information content (AvgIpc) is 2.77. The van der Waals surface area contributed by atoms with Crippen molar-refractivity contribution in [1.82, 2.24) is 16.2 Å². The standard InChI is InChI=1S/C22H18IN3O3S/c23-19-9-5-4-8-18(19)21(28)24-22(30)26-25-20(27)16-10-12-17(13-11-16)29-14-15-6-2-1-3-7-15/h1-13H,14H2,(H,25,27)(H2,24,26,28,30). The number of benzene rings is 3. The Bertz CT molecular complexity index is 1040. The first-order valence-corrected chi connectivity index (χ1v) is 10.4. The van der Waals surface area contributed by atoms with E-state index in [9.17, 15) is 9.59 Å². The number of rotatable bonds is 5. The number of halogens is 1. The van der Waals surface area contributed by atoms with E-state index >= 15 is 0 Å². The molecule has 0 saturated carbocycles. The molecule has 30 heavy (non-hydrogen) atoms. The number of hydrazine groups is 1. The maximum absolute atomic E-state index is 12.3. The summed E-state index contributed by atoms with van der Waals surface area (Å²) in [7, 11) is 0. The molecule has 2 amide bonds. The molecule has 0 bridgehead atoms. The third kappa shape index (κ3) is 6.26. The van der Waals surface area contributed by atoms with Gasteiger partial charge in [0.15, 0.2) is 5.11 Å². The maximum Gasteiger partial charge on any atom is 0.269 e. The van der Waals surface area contributed by atoms with E-state index in [4.69, 9.17) is 17.0 Å². The SMILES string of the molecule is O=C(NNC(=S)NC(=O)c1ccccc1I)c1ccc(OCc2ccccc2)cc1. The molecular weight excluding hydrogens is 513 g/mol. The van der Waals surface area contributed by atoms with Crippen molar-refractivity contribution < 1.29 is 14.3 Å². The number of nitrogens with one attached hydrogen (secondary N) is 3. The molecule has 0 saturated heterocycles. The molecule has 3 aromatic rings. The number of thiocarbonyl (C=S) groups is 1. The minimum Gasteiger partial charge on any atom is -0.489 e. The second kappa shape index (κ2) is 10.7. The molecule has 8 heteroatoms. The summed E-state index contributed by atoms with van der Waals surface area (Å²) in [6.45, 7) is 0.447. The lowest BCUT2D eigenvalue weighted by molar-refractivity contribution is 0.0934. The fraction of sp³-hybridized carbons (Fsp3) is 0.0455. The highest BCUT2D eigenvalue weighted by atomic mass is 127. The molecule has 3 rings (SSSR count). The first-order chi connectivity index (χ1) is 14.5. The van der Waals surface area contributed by atoms with Crippen molar-refractivity contribution in [3.63, 3.8) is 0 Å². The van der Waals surface area contributed by atoms with Gasteiger partial charge in [0, 0.05) is 9.13 Å². The van der Waals surface area contributed by atoms with Crippen LogP contribution in [0.2, 0.25) is 0 Å². The van der Waals surface area contributed by atoms with Gasteiger partial charge in [0.05, 0.1) is 5.56 Å². The molecule has 3 aromatic carbocycles. The van der Waals surface area contributed by atoms with Crippen molar-refractivity contribution in [3.8, 4) is 5.75 Å². The van der Waals surface area contributed by atoms with Gasteiger partial charge in [0.25, 0.3) is 11.8 Å². The second-order valence-corrected chi connectivity index (χ2v) is 7.71. The van der Waals surface area contributed by atoms with Crippen LogP contribution in [-0.4, -0.2) is 16.9 Å². The second-order valence-electron chi connectivity index (χ2n) is 6.14. The van der Waals surface area contributed by atoms with Crippen molar-refractivity contribution >= 4 is 51.7 Å². The smallest absolute Gasteiger partial charge is 0.269 e. The van der Waals surface area contributed by atoms with Crippen molar-refractivity contribution in [2.75, 3.05) is 0 Å². The maximum atomic E-state index is 12.3. The highest BCUT2D eigenvalue weighted by molar-refractivity contribution is 14.1. The molecule has 0 unspecified atom stereocenters. The lowest BCUT2D eigenvalue weighted by Gasteiger charge is -2.12. The van der Waals surface area contributed by atoms with Gasteiger partial charge in [-0.1, -0.05) is 42.5 Å². The minimum atomic E-state index is -0.393. The molecule has 152 valence electrons. The van der Waals surface area contributed by atoms with E-state index in [2.05, 4.69) is 38.8 Å². The summed E-state index contributed by atoms with van der Waals surface area (Å²) in [5.41, 5.74) is 6.97. The molecule has 0 atom stereocenters. The summed E-state index contributed by atoms with van der Waals surface area (Å²) < 4.78 is 6.50. The van der Waals surface area contributed by atoms with E-state index in [1.807, 2.05) is 42.5 Å². The zero-order valence-electron chi connectivity index (χ0n) is 15.7. The predicted molar refractivity (Wildman–Crippen MR) is 127 cm³/mol. The fourth-order valence-corrected chi connectivity index (χ4v) is 3.25. The van der Waals surface area contributed by atoms with Crippen LogP contribution < -0.4 is 20.9 Å². The Balaban J connectivity index is 1.46. The molecule has 0 radical (unpaired) electrons. The third-order valence-corrected chi connectivity index (χ3v) is 5.14. The Morgan fingerprint density at radius 3 is 2.20 bits per heavy atom. The zero-order valence-corrected chi connectivity index (χ0v) is 18.7. The van der Waals surface area contributed by atoms with Gasteiger partial charge in [-0.25, -0.2) is 0 Å². The zero-order chi connectivity index (χ0) is 21.3. The van der Waals surface area contributed by atoms with Crippen molar-refractivity contribution in [3.05, 3.63) is 99.1 Å². The number of ether oxygens (including phenoxy) is 1. The summed E-state index contributed by atoms with van der Waals surface area (Å²) in [5, 5.41) is 2.52. The van der Waals surface area contributed by atoms with Crippen LogP contribution in [0, 0.1) is 3.57 Å². The van der Waals surface area contributed by atoms with Gasteiger partial charge < -0.3 is 4.74 Å². The fourth-order valence-electron chi connectivity index (χ4n) is 2.48. The Hall–Kier alpha value is -2.98. The van der Waals surface area contributed by atoms with Gasteiger partial charge in [0.2, 0.25) is 0 Å². The quantitative estimate of drug-likeness (QED) is 0.265. The van der Waals surface area contributed by atoms with E-state index in [-0.39, 0.29) is 11.0 Å². The molecule has 0 aliphatic rings. The molecule has 0 aliphatic heterocycles. The van der Waals surface area contributed by atoms with Crippen LogP contribution in [0.4, 0.5) is 0 Å². The van der Waals surface area contributed by atoms with Crippen LogP contribution >= 0.6 is 34.8 Å². The minimum absolute atomic E-state index is 0.00387. The topological polar surface area (TPSA) is 79.5 Å². The average molecular weight is 531 g/mol. The Morgan fingerprint density at radius 2 is 1.50 bits per heavy atom. The molecule has 0 heterocycles. The Morgan fingerprint density at radius 1 is 0.833 bits per heavy atom. The van der Waals surface area contributed by atoms with Crippen molar-refractivity contribution in [2.45, 2.75) is 6.61 Å². The van der Waals surface area contributed by atoms with Crippen LogP contribution in [0.3, 0.4) is 0 Å². The van der Waals surface area contributed by atoms with Gasteiger partial charge >= 0.3 is 0 Å². The Labute approximate surface area is 193 Å². The molecule has 6 nitrogen and oxygen atoms in total. The van der Waals surface area contributed by atoms with E-state index in [1.165, 1.54) is 0 Å². The van der Waals surface area contributed by atoms with Gasteiger partial charge in [-0.2, -0.15) is 0 Å². The number of amides is 2. The summed E-state index contributed by atoms with van der Waals surface area (Å²) in [6, 6.07) is 23.7. The van der Waals surface area contributed by atoms with Crippen molar-refractivity contribution in [1.29, 1.82) is 0 Å². The molecule has 0 aliphatic carbocycles. The Kier molecular flexibility index (Phi) is 7.75. The summed E-state index contributed by atoms with van der Waals surface area (Å²) in [5.74, 6) is -0.0919. The normalized spacial score (nSPS) is 10.0. The van der Waals surface area contributed by atoms with E-state index in [0.717, 1.165) is 9.13 Å². The lowest BCUT2D eigenvalue weighted by Crippen LogP contribution is -2.48. The molecular formula is C22H18IN3O3S. The number of carbonyl (C=O) groups is 2. The molecule has 0 aromatic heterocycles. The van der Waals surface area contributed by atoms with E-state index in [0.29, 0.717) is 23.5 Å². The number of hydrogen-bond donors (Lipinski definition) is 3. The third-order valence-electron chi connectivity index (χ3n) is 4.00. The van der Waals surface area contributed by atoms with Crippen LogP contribution in [0.5, 0.6) is 5.75 Å². The van der Waals surface area contributed by atoms with Crippen LogP contribution in [0.1, 0.15) is 26.3 Å². The van der Waals surface area contributed by atoms with Crippen LogP contribution in [-0.2, 0) is 6.61 Å². The predicted octanol–water partition coefficient (Wildman–Crippen LogP) is 3.82. The van der Waals surface area contributed by atoms with Gasteiger partial charge in [0.1, 0.15) is 12.4 Å². The summed E-state index contributed by atoms with van der Waals surface area (Å²) in [6.07, 6.45) is 0. The summed E-state index contributed by atoms with van der Waals surface area (Å²) in [4.78, 5) is 24.5. The summed E-state index contributed by atoms with van der Waals surface area (Å²) >= 11 is 7.13. The van der Waals surface area contributed by atoms with Crippen LogP contribution in [0.25, 0.3) is 0 Å². The van der Waals surface area contributed by atoms with Gasteiger partial charge in [-0.05, 0) is 76.8 Å². The van der Waals surface area contributed by atoms with Gasteiger partial charge in [-0.15, -0.1) is 0 Å². The first kappa shape index (κ1) is 21.7. The van der Waals surface area contributed by atoms with E-state index in [1.54, 1.807) is 36.4 Å². The number of hydrogen-bond acceptors (Lipinski definition) is 4. The highest BCUT2D eigenvalue weighted by Crippen LogP contribution is 2.14. The molecule has 0 spiro atoms. The molecule has 3 N–H and O–H groups in total. The van der Waals surface area contributed by atoms with Crippen LogP contribution in [0.15, 0.2) is 78.9 Å². The number of carbonyl (C=O) groups excluding carboxylic acids is 2. The highest BCUT2D eigenvalue weighted by Gasteiger charge is 2.12. The van der Waals surface area contributed by atoms with Crippen molar-refractivity contribution in [2.24, 2.45) is 0 Å².